The summed E-state index contributed by atoms with van der Waals surface area (Å²) in [6, 6.07) is 9.78. The Morgan fingerprint density at radius 1 is 1.10 bits per heavy atom. The Hall–Kier alpha value is -2.60. The first-order valence-electron chi connectivity index (χ1n) is 10.4. The quantitative estimate of drug-likeness (QED) is 0.656. The molecule has 1 aromatic carbocycles. The summed E-state index contributed by atoms with van der Waals surface area (Å²) in [4.78, 5) is 18.5. The Balaban J connectivity index is 1.47. The predicted molar refractivity (Wildman–Crippen MR) is 113 cm³/mol. The zero-order valence-electron chi connectivity index (χ0n) is 17.2. The monoisotopic (exact) mass is 397 g/mol. The van der Waals surface area contributed by atoms with Gasteiger partial charge in [0.05, 0.1) is 7.11 Å². The second kappa shape index (κ2) is 11.4. The van der Waals surface area contributed by atoms with Gasteiger partial charge in [-0.1, -0.05) is 25.0 Å². The number of hydrogen-bond acceptors (Lipinski definition) is 5. The Kier molecular flexibility index (Phi) is 8.31. The summed E-state index contributed by atoms with van der Waals surface area (Å²) in [6.45, 7) is 3.61. The van der Waals surface area contributed by atoms with Gasteiger partial charge in [-0.2, -0.15) is 0 Å². The fourth-order valence-electron chi connectivity index (χ4n) is 3.49. The molecule has 6 heteroatoms. The van der Waals surface area contributed by atoms with E-state index >= 15 is 0 Å². The van der Waals surface area contributed by atoms with Crippen molar-refractivity contribution in [2.45, 2.75) is 45.3 Å². The summed E-state index contributed by atoms with van der Waals surface area (Å²) < 4.78 is 11.3. The summed E-state index contributed by atoms with van der Waals surface area (Å²) in [5, 5.41) is 3.37. The number of ether oxygens (including phenoxy) is 2. The van der Waals surface area contributed by atoms with Gasteiger partial charge in [0, 0.05) is 50.6 Å². The number of likely N-dealkylation sites (tertiary alicyclic amines) is 1. The zero-order chi connectivity index (χ0) is 20.3. The van der Waals surface area contributed by atoms with Crippen LogP contribution in [0.4, 0.5) is 0 Å². The maximum absolute atomic E-state index is 12.4. The maximum Gasteiger partial charge on any atom is 0.223 e. The average Bonchev–Trinajstić information content (AvgIpc) is 3.05. The highest BCUT2D eigenvalue weighted by Crippen LogP contribution is 2.28. The van der Waals surface area contributed by atoms with Crippen molar-refractivity contribution in [1.29, 1.82) is 0 Å². The molecule has 1 amide bonds. The molecule has 0 aliphatic carbocycles. The largest absolute Gasteiger partial charge is 0.493 e. The first-order chi connectivity index (χ1) is 14.3. The van der Waals surface area contributed by atoms with Gasteiger partial charge in [-0.3, -0.25) is 9.78 Å². The van der Waals surface area contributed by atoms with Gasteiger partial charge in [-0.25, -0.2) is 0 Å². The van der Waals surface area contributed by atoms with Crippen molar-refractivity contribution in [2.24, 2.45) is 0 Å². The van der Waals surface area contributed by atoms with E-state index in [9.17, 15) is 4.79 Å². The molecule has 0 saturated carbocycles. The Bertz CT molecular complexity index is 759. The van der Waals surface area contributed by atoms with Gasteiger partial charge in [-0.05, 0) is 36.6 Å². The first-order valence-corrected chi connectivity index (χ1v) is 10.4. The van der Waals surface area contributed by atoms with Gasteiger partial charge in [0.25, 0.3) is 0 Å². The van der Waals surface area contributed by atoms with Crippen LogP contribution in [0.3, 0.4) is 0 Å². The standard InChI is InChI=1S/C23H31N3O3/c1-28-21-9-8-19(15-22(21)29-18-20-7-6-11-24-17-20)16-25-12-10-23(27)26-13-4-2-3-5-14-26/h6-9,11,15,17,25H,2-5,10,12-14,16,18H2,1H3. The lowest BCUT2D eigenvalue weighted by Gasteiger charge is -2.20. The van der Waals surface area contributed by atoms with Crippen LogP contribution in [-0.4, -0.2) is 42.5 Å². The molecule has 1 N–H and O–H groups in total. The predicted octanol–water partition coefficient (Wildman–Crippen LogP) is 3.55. The molecule has 29 heavy (non-hydrogen) atoms. The Morgan fingerprint density at radius 2 is 1.93 bits per heavy atom. The number of carbonyl (C=O) groups excluding carboxylic acids is 1. The molecule has 1 saturated heterocycles. The van der Waals surface area contributed by atoms with Crippen LogP contribution < -0.4 is 14.8 Å². The highest BCUT2D eigenvalue weighted by atomic mass is 16.5. The molecular weight excluding hydrogens is 366 g/mol. The van der Waals surface area contributed by atoms with E-state index in [1.165, 1.54) is 12.8 Å². The topological polar surface area (TPSA) is 63.7 Å². The third-order valence-electron chi connectivity index (χ3n) is 5.15. The van der Waals surface area contributed by atoms with Gasteiger partial charge in [0.2, 0.25) is 5.91 Å². The van der Waals surface area contributed by atoms with Crippen LogP contribution in [-0.2, 0) is 17.9 Å². The molecule has 0 atom stereocenters. The van der Waals surface area contributed by atoms with Crippen molar-refractivity contribution >= 4 is 5.91 Å². The third-order valence-corrected chi connectivity index (χ3v) is 5.15. The second-order valence-electron chi connectivity index (χ2n) is 7.36. The minimum Gasteiger partial charge on any atom is -0.493 e. The first kappa shape index (κ1) is 21.1. The normalized spacial score (nSPS) is 14.3. The lowest BCUT2D eigenvalue weighted by Crippen LogP contribution is -2.33. The maximum atomic E-state index is 12.4. The van der Waals surface area contributed by atoms with Crippen LogP contribution in [0.1, 0.15) is 43.2 Å². The number of benzene rings is 1. The van der Waals surface area contributed by atoms with Crippen LogP contribution in [0, 0.1) is 0 Å². The van der Waals surface area contributed by atoms with Crippen LogP contribution in [0.25, 0.3) is 0 Å². The van der Waals surface area contributed by atoms with E-state index in [0.717, 1.165) is 37.1 Å². The minimum absolute atomic E-state index is 0.259. The molecule has 3 rings (SSSR count). The number of aromatic nitrogens is 1. The van der Waals surface area contributed by atoms with Gasteiger partial charge >= 0.3 is 0 Å². The van der Waals surface area contributed by atoms with Crippen LogP contribution in [0.2, 0.25) is 0 Å². The zero-order valence-corrected chi connectivity index (χ0v) is 17.2. The number of methoxy groups -OCH3 is 1. The van der Waals surface area contributed by atoms with Gasteiger partial charge < -0.3 is 19.7 Å². The number of pyridine rings is 1. The summed E-state index contributed by atoms with van der Waals surface area (Å²) in [5.74, 6) is 1.67. The lowest BCUT2D eigenvalue weighted by molar-refractivity contribution is -0.131. The van der Waals surface area contributed by atoms with Crippen molar-refractivity contribution < 1.29 is 14.3 Å². The van der Waals surface area contributed by atoms with Crippen LogP contribution in [0.15, 0.2) is 42.7 Å². The summed E-state index contributed by atoms with van der Waals surface area (Å²) in [6.07, 6.45) is 8.82. The molecule has 0 unspecified atom stereocenters. The van der Waals surface area contributed by atoms with Gasteiger partial charge in [0.1, 0.15) is 6.61 Å². The van der Waals surface area contributed by atoms with Crippen molar-refractivity contribution in [2.75, 3.05) is 26.7 Å². The van der Waals surface area contributed by atoms with E-state index < -0.39 is 0 Å². The fourth-order valence-corrected chi connectivity index (χ4v) is 3.49. The number of hydrogen-bond donors (Lipinski definition) is 1. The summed E-state index contributed by atoms with van der Waals surface area (Å²) in [7, 11) is 1.64. The molecule has 0 bridgehead atoms. The third kappa shape index (κ3) is 6.75. The molecule has 0 spiro atoms. The average molecular weight is 398 g/mol. The van der Waals surface area contributed by atoms with Crippen LogP contribution in [0.5, 0.6) is 11.5 Å². The van der Waals surface area contributed by atoms with E-state index in [0.29, 0.717) is 37.6 Å². The van der Waals surface area contributed by atoms with Gasteiger partial charge in [0.15, 0.2) is 11.5 Å². The molecule has 0 radical (unpaired) electrons. The Morgan fingerprint density at radius 3 is 2.66 bits per heavy atom. The Labute approximate surface area is 173 Å². The number of amides is 1. The number of nitrogens with one attached hydrogen (secondary N) is 1. The molecule has 2 heterocycles. The summed E-state index contributed by atoms with van der Waals surface area (Å²) >= 11 is 0. The molecular formula is C23H31N3O3. The summed E-state index contributed by atoms with van der Waals surface area (Å²) in [5.41, 5.74) is 2.10. The van der Waals surface area contributed by atoms with Crippen molar-refractivity contribution in [3.05, 3.63) is 53.9 Å². The van der Waals surface area contributed by atoms with E-state index in [2.05, 4.69) is 10.3 Å². The highest BCUT2D eigenvalue weighted by molar-refractivity contribution is 5.76. The van der Waals surface area contributed by atoms with Crippen molar-refractivity contribution in [1.82, 2.24) is 15.2 Å². The smallest absolute Gasteiger partial charge is 0.223 e. The second-order valence-corrected chi connectivity index (χ2v) is 7.36. The van der Waals surface area contributed by atoms with Crippen LogP contribution >= 0.6 is 0 Å². The number of carbonyl (C=O) groups is 1. The molecule has 1 fully saturated rings. The van der Waals surface area contributed by atoms with E-state index in [1.54, 1.807) is 19.5 Å². The SMILES string of the molecule is COc1ccc(CNCCC(=O)N2CCCCCC2)cc1OCc1cccnc1. The number of nitrogens with zero attached hydrogens (tertiary/aromatic N) is 2. The highest BCUT2D eigenvalue weighted by Gasteiger charge is 2.14. The van der Waals surface area contributed by atoms with E-state index in [-0.39, 0.29) is 5.91 Å². The van der Waals surface area contributed by atoms with Crippen molar-refractivity contribution in [3.63, 3.8) is 0 Å². The molecule has 6 nitrogen and oxygen atoms in total. The molecule has 156 valence electrons. The number of rotatable bonds is 9. The minimum atomic E-state index is 0.259. The fraction of sp³-hybridized carbons (Fsp3) is 0.478. The van der Waals surface area contributed by atoms with Gasteiger partial charge in [-0.15, -0.1) is 0 Å². The molecule has 1 aromatic heterocycles. The molecule has 2 aromatic rings. The van der Waals surface area contributed by atoms with E-state index in [1.807, 2.05) is 35.2 Å². The van der Waals surface area contributed by atoms with E-state index in [4.69, 9.17) is 9.47 Å². The molecule has 1 aliphatic rings. The molecule has 1 aliphatic heterocycles. The lowest BCUT2D eigenvalue weighted by atomic mass is 10.2. The van der Waals surface area contributed by atoms with Crippen molar-refractivity contribution in [3.8, 4) is 11.5 Å².